The minimum absolute atomic E-state index is 0.117. The van der Waals surface area contributed by atoms with Crippen LogP contribution < -0.4 is 0 Å². The number of carbonyl (C=O) groups excluding carboxylic acids is 3. The second-order valence-corrected chi connectivity index (χ2v) is 7.87. The quantitative estimate of drug-likeness (QED) is 0.537. The molecule has 0 unspecified atom stereocenters. The molecule has 1 fully saturated rings. The lowest BCUT2D eigenvalue weighted by atomic mass is 9.68. The topological polar surface area (TPSA) is 119 Å². The Morgan fingerprint density at radius 3 is 2.50 bits per heavy atom. The summed E-state index contributed by atoms with van der Waals surface area (Å²) in [6, 6.07) is 0. The molecule has 0 amide bonds. The largest absolute Gasteiger partial charge is 0.458 e. The van der Waals surface area contributed by atoms with Crippen LogP contribution in [0.3, 0.4) is 0 Å². The van der Waals surface area contributed by atoms with Crippen molar-refractivity contribution in [2.45, 2.75) is 64.1 Å². The summed E-state index contributed by atoms with van der Waals surface area (Å²) in [5.41, 5.74) is 0.790. The monoisotopic (exact) mass is 390 g/mol. The van der Waals surface area contributed by atoms with Gasteiger partial charge >= 0.3 is 17.9 Å². The van der Waals surface area contributed by atoms with Gasteiger partial charge in [-0.3, -0.25) is 0 Å². The Hall–Kier alpha value is -2.45. The lowest BCUT2D eigenvalue weighted by Crippen LogP contribution is -2.43. The average Bonchev–Trinajstić information content (AvgIpc) is 3.09. The van der Waals surface area contributed by atoms with Crippen LogP contribution in [0.4, 0.5) is 0 Å². The molecular weight excluding hydrogens is 368 g/mol. The highest BCUT2D eigenvalue weighted by Crippen LogP contribution is 2.49. The normalized spacial score (nSPS) is 37.8. The number of cyclic esters (lactones) is 3. The minimum atomic E-state index is -1.33. The number of rotatable bonds is 3. The molecule has 3 aliphatic heterocycles. The zero-order valence-electron chi connectivity index (χ0n) is 15.6. The fourth-order valence-electron chi connectivity index (χ4n) is 4.45. The second kappa shape index (κ2) is 6.56. The molecule has 2 N–H and O–H groups in total. The van der Waals surface area contributed by atoms with Crippen LogP contribution in [0.25, 0.3) is 0 Å². The Balaban J connectivity index is 1.58. The molecule has 4 rings (SSSR count). The first-order chi connectivity index (χ1) is 13.2. The Kier molecular flexibility index (Phi) is 4.43. The molecule has 0 aromatic rings. The van der Waals surface area contributed by atoms with E-state index in [9.17, 15) is 24.6 Å². The number of hydrogen-bond donors (Lipinski definition) is 2. The van der Waals surface area contributed by atoms with Crippen LogP contribution in [-0.2, 0) is 28.6 Å². The van der Waals surface area contributed by atoms with Crippen molar-refractivity contribution < 1.29 is 38.8 Å². The molecule has 0 saturated carbocycles. The van der Waals surface area contributed by atoms with Crippen molar-refractivity contribution in [3.8, 4) is 0 Å². The molecule has 0 bridgehead atoms. The predicted octanol–water partition coefficient (Wildman–Crippen LogP) is 0.823. The number of fused-ring (bicyclic) bond motifs is 1. The average molecular weight is 390 g/mol. The maximum atomic E-state index is 12.6. The van der Waals surface area contributed by atoms with E-state index in [0.717, 1.165) is 0 Å². The third kappa shape index (κ3) is 2.79. The van der Waals surface area contributed by atoms with Crippen LogP contribution in [0.5, 0.6) is 0 Å². The third-order valence-electron chi connectivity index (χ3n) is 6.22. The van der Waals surface area contributed by atoms with Crippen LogP contribution in [0.2, 0.25) is 0 Å². The maximum Gasteiger partial charge on any atom is 0.340 e. The van der Waals surface area contributed by atoms with Gasteiger partial charge in [-0.05, 0) is 32.8 Å². The minimum Gasteiger partial charge on any atom is -0.458 e. The Morgan fingerprint density at radius 1 is 1.11 bits per heavy atom. The zero-order chi connectivity index (χ0) is 20.2. The molecule has 0 spiro atoms. The summed E-state index contributed by atoms with van der Waals surface area (Å²) in [5, 5.41) is 20.0. The van der Waals surface area contributed by atoms with E-state index in [4.69, 9.17) is 9.47 Å². The molecule has 5 atom stereocenters. The predicted molar refractivity (Wildman–Crippen MR) is 93.3 cm³/mol. The molecule has 8 heteroatoms. The van der Waals surface area contributed by atoms with Gasteiger partial charge in [-0.15, -0.1) is 0 Å². The fraction of sp³-hybridized carbons (Fsp3) is 0.550. The standard InChI is InChI=1S/C20H22O8/c1-9-6-13(11-8-16(22)28-18(11)24)26-17(23)10(9)7-15-20(2)12(19(25)27-15)4-3-5-14(20)21/h4,8,13-16,21-22H,3,5-7H2,1-2H3/t13-,14+,15-,16-,20+/m0/s1. The van der Waals surface area contributed by atoms with Gasteiger partial charge in [0.15, 0.2) is 0 Å². The van der Waals surface area contributed by atoms with E-state index in [-0.39, 0.29) is 18.4 Å². The van der Waals surface area contributed by atoms with Crippen LogP contribution >= 0.6 is 0 Å². The van der Waals surface area contributed by atoms with Crippen molar-refractivity contribution in [1.82, 2.24) is 0 Å². The van der Waals surface area contributed by atoms with Crippen LogP contribution in [0.1, 0.15) is 39.5 Å². The van der Waals surface area contributed by atoms with Gasteiger partial charge in [0.25, 0.3) is 0 Å². The Morgan fingerprint density at radius 2 is 1.86 bits per heavy atom. The van der Waals surface area contributed by atoms with Gasteiger partial charge in [0.05, 0.1) is 17.1 Å². The molecule has 1 saturated heterocycles. The highest BCUT2D eigenvalue weighted by Gasteiger charge is 2.56. The van der Waals surface area contributed by atoms with Crippen molar-refractivity contribution >= 4 is 17.9 Å². The number of aliphatic hydroxyl groups excluding tert-OH is 2. The molecule has 8 nitrogen and oxygen atoms in total. The summed E-state index contributed by atoms with van der Waals surface area (Å²) in [7, 11) is 0. The molecule has 0 radical (unpaired) electrons. The molecule has 0 aromatic heterocycles. The van der Waals surface area contributed by atoms with Crippen molar-refractivity contribution in [2.75, 3.05) is 0 Å². The van der Waals surface area contributed by atoms with E-state index < -0.39 is 47.9 Å². The van der Waals surface area contributed by atoms with Gasteiger partial charge in [0.2, 0.25) is 6.29 Å². The maximum absolute atomic E-state index is 12.6. The van der Waals surface area contributed by atoms with Gasteiger partial charge in [-0.25, -0.2) is 14.4 Å². The summed E-state index contributed by atoms with van der Waals surface area (Å²) >= 11 is 0. The van der Waals surface area contributed by atoms with E-state index in [1.54, 1.807) is 19.9 Å². The third-order valence-corrected chi connectivity index (χ3v) is 6.22. The molecule has 4 aliphatic rings. The van der Waals surface area contributed by atoms with E-state index >= 15 is 0 Å². The zero-order valence-corrected chi connectivity index (χ0v) is 15.6. The SMILES string of the molecule is CC1=C(C[C@@H]2OC(=O)C3=CCC[C@@H](O)[C@@]32C)C(=O)O[C@H](C2=C[C@@H](O)OC2=O)C1. The lowest BCUT2D eigenvalue weighted by Gasteiger charge is -2.37. The number of hydrogen-bond acceptors (Lipinski definition) is 8. The summed E-state index contributed by atoms with van der Waals surface area (Å²) < 4.78 is 15.6. The summed E-state index contributed by atoms with van der Waals surface area (Å²) in [6.07, 6.45) is 0.999. The van der Waals surface area contributed by atoms with Gasteiger partial charge in [-0.2, -0.15) is 0 Å². The first-order valence-corrected chi connectivity index (χ1v) is 9.32. The number of allylic oxidation sites excluding steroid dienone is 1. The van der Waals surface area contributed by atoms with E-state index in [1.165, 1.54) is 6.08 Å². The van der Waals surface area contributed by atoms with Crippen molar-refractivity contribution in [2.24, 2.45) is 5.41 Å². The number of aliphatic hydroxyl groups is 2. The first kappa shape index (κ1) is 18.9. The lowest BCUT2D eigenvalue weighted by molar-refractivity contribution is -0.154. The molecule has 1 aliphatic carbocycles. The van der Waals surface area contributed by atoms with Gasteiger partial charge < -0.3 is 24.4 Å². The highest BCUT2D eigenvalue weighted by molar-refractivity contribution is 5.96. The van der Waals surface area contributed by atoms with E-state index in [1.807, 2.05) is 0 Å². The molecular formula is C20H22O8. The van der Waals surface area contributed by atoms with Gasteiger partial charge in [0.1, 0.15) is 12.2 Å². The second-order valence-electron chi connectivity index (χ2n) is 7.87. The van der Waals surface area contributed by atoms with Crippen LogP contribution in [-0.4, -0.2) is 52.7 Å². The first-order valence-electron chi connectivity index (χ1n) is 9.32. The summed E-state index contributed by atoms with van der Waals surface area (Å²) in [4.78, 5) is 36.7. The van der Waals surface area contributed by atoms with Crippen LogP contribution in [0.15, 0.2) is 34.4 Å². The Bertz CT molecular complexity index is 850. The van der Waals surface area contributed by atoms with Crippen molar-refractivity contribution in [3.05, 3.63) is 34.4 Å². The van der Waals surface area contributed by atoms with Gasteiger partial charge in [-0.1, -0.05) is 11.6 Å². The number of esters is 3. The highest BCUT2D eigenvalue weighted by atomic mass is 16.6. The van der Waals surface area contributed by atoms with Gasteiger partial charge in [0, 0.05) is 24.0 Å². The molecule has 150 valence electrons. The van der Waals surface area contributed by atoms with E-state index in [0.29, 0.717) is 29.6 Å². The molecule has 28 heavy (non-hydrogen) atoms. The number of carbonyl (C=O) groups is 3. The van der Waals surface area contributed by atoms with E-state index in [2.05, 4.69) is 4.74 Å². The summed E-state index contributed by atoms with van der Waals surface area (Å²) in [6.45, 7) is 3.54. The fourth-order valence-corrected chi connectivity index (χ4v) is 4.45. The van der Waals surface area contributed by atoms with Crippen molar-refractivity contribution in [1.29, 1.82) is 0 Å². The molecule has 3 heterocycles. The molecule has 0 aromatic carbocycles. The van der Waals surface area contributed by atoms with Crippen molar-refractivity contribution in [3.63, 3.8) is 0 Å². The number of ether oxygens (including phenoxy) is 3. The Labute approximate surface area is 161 Å². The smallest absolute Gasteiger partial charge is 0.340 e. The summed E-state index contributed by atoms with van der Waals surface area (Å²) in [5.74, 6) is -1.77. The van der Waals surface area contributed by atoms with Crippen LogP contribution in [0, 0.1) is 5.41 Å².